The zero-order valence-electron chi connectivity index (χ0n) is 14.9. The molecule has 0 radical (unpaired) electrons. The van der Waals surface area contributed by atoms with Crippen LogP contribution >= 0.6 is 0 Å². The number of rotatable bonds is 6. The normalized spacial score (nSPS) is 16.0. The SMILES string of the molecule is COc1ccc(CN2CCC(c3ncn[nH]3)CC2)cc1Cn1cncn1. The highest BCUT2D eigenvalue weighted by molar-refractivity contribution is 5.37. The zero-order chi connectivity index (χ0) is 17.8. The van der Waals surface area contributed by atoms with Gasteiger partial charge in [-0.05, 0) is 43.6 Å². The van der Waals surface area contributed by atoms with Crippen LogP contribution in [0.15, 0.2) is 37.2 Å². The van der Waals surface area contributed by atoms with Crippen LogP contribution in [0.1, 0.15) is 35.7 Å². The summed E-state index contributed by atoms with van der Waals surface area (Å²) in [4.78, 5) is 10.8. The number of nitrogens with one attached hydrogen (secondary N) is 1. The molecule has 4 rings (SSSR count). The minimum absolute atomic E-state index is 0.493. The molecule has 1 aliphatic rings. The molecule has 8 heteroatoms. The number of aromatic amines is 1. The quantitative estimate of drug-likeness (QED) is 0.728. The van der Waals surface area contributed by atoms with Crippen molar-refractivity contribution in [3.63, 3.8) is 0 Å². The number of methoxy groups -OCH3 is 1. The van der Waals surface area contributed by atoms with E-state index in [0.29, 0.717) is 12.5 Å². The molecule has 3 aromatic rings. The van der Waals surface area contributed by atoms with Gasteiger partial charge in [0, 0.05) is 18.0 Å². The Morgan fingerprint density at radius 2 is 2.08 bits per heavy atom. The lowest BCUT2D eigenvalue weighted by Crippen LogP contribution is -2.32. The third kappa shape index (κ3) is 3.75. The van der Waals surface area contributed by atoms with E-state index in [9.17, 15) is 0 Å². The first-order valence-corrected chi connectivity index (χ1v) is 8.87. The molecular weight excluding hydrogens is 330 g/mol. The topological polar surface area (TPSA) is 84.8 Å². The molecule has 0 bridgehead atoms. The van der Waals surface area contributed by atoms with E-state index in [1.807, 2.05) is 10.7 Å². The van der Waals surface area contributed by atoms with Gasteiger partial charge in [0.1, 0.15) is 30.6 Å². The van der Waals surface area contributed by atoms with Crippen LogP contribution in [-0.4, -0.2) is 55.0 Å². The molecule has 2 aromatic heterocycles. The molecule has 26 heavy (non-hydrogen) atoms. The number of hydrogen-bond donors (Lipinski definition) is 1. The maximum absolute atomic E-state index is 5.50. The van der Waals surface area contributed by atoms with Crippen molar-refractivity contribution in [2.75, 3.05) is 20.2 Å². The summed E-state index contributed by atoms with van der Waals surface area (Å²) in [5.41, 5.74) is 2.41. The third-order valence-corrected chi connectivity index (χ3v) is 4.96. The van der Waals surface area contributed by atoms with E-state index >= 15 is 0 Å². The summed E-state index contributed by atoms with van der Waals surface area (Å²) in [7, 11) is 1.70. The highest BCUT2D eigenvalue weighted by Gasteiger charge is 2.22. The monoisotopic (exact) mass is 353 g/mol. The lowest BCUT2D eigenvalue weighted by Gasteiger charge is -2.31. The van der Waals surface area contributed by atoms with Crippen LogP contribution in [0.5, 0.6) is 5.75 Å². The third-order valence-electron chi connectivity index (χ3n) is 4.96. The molecule has 0 amide bonds. The van der Waals surface area contributed by atoms with Gasteiger partial charge in [-0.1, -0.05) is 6.07 Å². The van der Waals surface area contributed by atoms with Gasteiger partial charge in [0.25, 0.3) is 0 Å². The maximum atomic E-state index is 5.50. The van der Waals surface area contributed by atoms with Crippen LogP contribution in [0.4, 0.5) is 0 Å². The van der Waals surface area contributed by atoms with E-state index < -0.39 is 0 Å². The van der Waals surface area contributed by atoms with Crippen LogP contribution in [0.2, 0.25) is 0 Å². The lowest BCUT2D eigenvalue weighted by atomic mass is 9.95. The molecule has 1 fully saturated rings. The second kappa shape index (κ2) is 7.65. The van der Waals surface area contributed by atoms with Gasteiger partial charge in [-0.2, -0.15) is 10.2 Å². The van der Waals surface area contributed by atoms with E-state index in [-0.39, 0.29) is 0 Å². The number of likely N-dealkylation sites (tertiary alicyclic amines) is 1. The van der Waals surface area contributed by atoms with Crippen molar-refractivity contribution in [3.8, 4) is 5.75 Å². The number of benzene rings is 1. The number of hydrogen-bond acceptors (Lipinski definition) is 6. The summed E-state index contributed by atoms with van der Waals surface area (Å²) in [6, 6.07) is 6.40. The fraction of sp³-hybridized carbons (Fsp3) is 0.444. The first-order valence-electron chi connectivity index (χ1n) is 8.87. The maximum Gasteiger partial charge on any atom is 0.137 e. The number of ether oxygens (including phenoxy) is 1. The highest BCUT2D eigenvalue weighted by atomic mass is 16.5. The Kier molecular flexibility index (Phi) is 4.92. The van der Waals surface area contributed by atoms with Gasteiger partial charge in [0.05, 0.1) is 13.7 Å². The fourth-order valence-corrected chi connectivity index (χ4v) is 3.58. The van der Waals surface area contributed by atoms with Gasteiger partial charge in [-0.15, -0.1) is 0 Å². The predicted molar refractivity (Wildman–Crippen MR) is 95.8 cm³/mol. The molecule has 0 spiro atoms. The number of H-pyrrole nitrogens is 1. The van der Waals surface area contributed by atoms with Crippen molar-refractivity contribution in [3.05, 3.63) is 54.1 Å². The van der Waals surface area contributed by atoms with Gasteiger partial charge in [0.2, 0.25) is 0 Å². The zero-order valence-corrected chi connectivity index (χ0v) is 14.9. The average molecular weight is 353 g/mol. The highest BCUT2D eigenvalue weighted by Crippen LogP contribution is 2.27. The Hall–Kier alpha value is -2.74. The summed E-state index contributed by atoms with van der Waals surface area (Å²) >= 11 is 0. The van der Waals surface area contributed by atoms with E-state index in [1.165, 1.54) is 5.56 Å². The first-order chi connectivity index (χ1) is 12.8. The van der Waals surface area contributed by atoms with Crippen molar-refractivity contribution in [1.29, 1.82) is 0 Å². The molecule has 0 atom stereocenters. The molecule has 8 nitrogen and oxygen atoms in total. The van der Waals surface area contributed by atoms with Crippen LogP contribution in [-0.2, 0) is 13.1 Å². The van der Waals surface area contributed by atoms with Crippen LogP contribution in [0.3, 0.4) is 0 Å². The molecule has 1 aliphatic heterocycles. The van der Waals surface area contributed by atoms with Gasteiger partial charge in [0.15, 0.2) is 0 Å². The van der Waals surface area contributed by atoms with E-state index in [0.717, 1.165) is 49.6 Å². The van der Waals surface area contributed by atoms with E-state index in [4.69, 9.17) is 4.74 Å². The van der Waals surface area contributed by atoms with Crippen LogP contribution in [0.25, 0.3) is 0 Å². The Morgan fingerprint density at radius 3 is 2.77 bits per heavy atom. The number of aromatic nitrogens is 6. The predicted octanol–water partition coefficient (Wildman–Crippen LogP) is 1.83. The molecule has 0 unspecified atom stereocenters. The number of piperidine rings is 1. The molecule has 1 N–H and O–H groups in total. The molecule has 1 saturated heterocycles. The Bertz CT molecular complexity index is 808. The Labute approximate surface area is 152 Å². The second-order valence-electron chi connectivity index (χ2n) is 6.66. The minimum Gasteiger partial charge on any atom is -0.496 e. The van der Waals surface area contributed by atoms with Crippen molar-refractivity contribution in [2.45, 2.75) is 31.8 Å². The molecule has 1 aromatic carbocycles. The largest absolute Gasteiger partial charge is 0.496 e. The van der Waals surface area contributed by atoms with Crippen molar-refractivity contribution in [2.24, 2.45) is 0 Å². The van der Waals surface area contributed by atoms with Crippen molar-refractivity contribution in [1.82, 2.24) is 34.8 Å². The van der Waals surface area contributed by atoms with Crippen molar-refractivity contribution < 1.29 is 4.74 Å². The summed E-state index contributed by atoms with van der Waals surface area (Å²) in [5, 5.41) is 11.2. The number of nitrogens with zero attached hydrogens (tertiary/aromatic N) is 6. The minimum atomic E-state index is 0.493. The summed E-state index contributed by atoms with van der Waals surface area (Å²) in [5.74, 6) is 2.39. The summed E-state index contributed by atoms with van der Waals surface area (Å²) in [6.45, 7) is 3.73. The molecule has 0 aliphatic carbocycles. The van der Waals surface area contributed by atoms with Crippen LogP contribution < -0.4 is 4.74 Å². The summed E-state index contributed by atoms with van der Waals surface area (Å²) in [6.07, 6.45) is 7.08. The molecule has 3 heterocycles. The Morgan fingerprint density at radius 1 is 1.19 bits per heavy atom. The lowest BCUT2D eigenvalue weighted by molar-refractivity contribution is 0.201. The van der Waals surface area contributed by atoms with Gasteiger partial charge >= 0.3 is 0 Å². The van der Waals surface area contributed by atoms with Gasteiger partial charge < -0.3 is 4.74 Å². The smallest absolute Gasteiger partial charge is 0.137 e. The molecule has 136 valence electrons. The average Bonchev–Trinajstić information content (AvgIpc) is 3.37. The van der Waals surface area contributed by atoms with E-state index in [2.05, 4.69) is 42.3 Å². The standard InChI is InChI=1S/C18H23N7O/c1-26-17-3-2-14(8-16(17)10-25-13-19-11-22-25)9-24-6-4-15(5-7-24)18-20-12-21-23-18/h2-3,8,11-13,15H,4-7,9-10H2,1H3,(H,20,21,23). The second-order valence-corrected chi connectivity index (χ2v) is 6.66. The van der Waals surface area contributed by atoms with E-state index in [1.54, 1.807) is 26.1 Å². The fourth-order valence-electron chi connectivity index (χ4n) is 3.58. The summed E-state index contributed by atoms with van der Waals surface area (Å²) < 4.78 is 7.31. The molecule has 0 saturated carbocycles. The first kappa shape index (κ1) is 16.7. The van der Waals surface area contributed by atoms with Gasteiger partial charge in [-0.25, -0.2) is 14.6 Å². The van der Waals surface area contributed by atoms with Gasteiger partial charge in [-0.3, -0.25) is 10.00 Å². The molecular formula is C18H23N7O. The van der Waals surface area contributed by atoms with Crippen LogP contribution in [0, 0.1) is 0 Å². The Balaban J connectivity index is 1.40. The van der Waals surface area contributed by atoms with Crippen molar-refractivity contribution >= 4 is 0 Å².